The van der Waals surface area contributed by atoms with E-state index >= 15 is 0 Å². The lowest BCUT2D eigenvalue weighted by Crippen LogP contribution is -2.37. The Bertz CT molecular complexity index is 1170. The lowest BCUT2D eigenvalue weighted by molar-refractivity contribution is 0.0526. The van der Waals surface area contributed by atoms with Gasteiger partial charge >= 0.3 is 11.7 Å². The number of carbonyl (C=O) groups is 1. The van der Waals surface area contributed by atoms with E-state index in [0.717, 1.165) is 12.8 Å². The molecule has 2 aromatic heterocycles. The third-order valence-corrected chi connectivity index (χ3v) is 4.86. The number of nitrogens with zero attached hydrogens (tertiary/aromatic N) is 2. The van der Waals surface area contributed by atoms with Gasteiger partial charge < -0.3 is 19.8 Å². The molecule has 9 heteroatoms. The highest BCUT2D eigenvalue weighted by molar-refractivity contribution is 6.04. The van der Waals surface area contributed by atoms with E-state index in [1.165, 1.54) is 4.57 Å². The molecule has 160 valence electrons. The lowest BCUT2D eigenvalue weighted by atomic mass is 10.1. The van der Waals surface area contributed by atoms with Gasteiger partial charge in [-0.1, -0.05) is 31.5 Å². The van der Waals surface area contributed by atoms with Crippen molar-refractivity contribution in [3.63, 3.8) is 0 Å². The fourth-order valence-electron chi connectivity index (χ4n) is 3.41. The third-order valence-electron chi connectivity index (χ3n) is 4.86. The highest BCUT2D eigenvalue weighted by atomic mass is 16.5. The smallest absolute Gasteiger partial charge is 0.342 e. The summed E-state index contributed by atoms with van der Waals surface area (Å²) in [6.07, 6.45) is 1.62. The number of benzene rings is 1. The van der Waals surface area contributed by atoms with Crippen molar-refractivity contribution in [1.29, 1.82) is 0 Å². The quantitative estimate of drug-likeness (QED) is 0.543. The largest absolute Gasteiger partial charge is 0.462 e. The molecule has 0 saturated carbocycles. The number of para-hydroxylation sites is 1. The molecule has 9 nitrogen and oxygen atoms in total. The average molecular weight is 414 g/mol. The molecule has 0 radical (unpaired) electrons. The molecule has 3 rings (SSSR count). The highest BCUT2D eigenvalue weighted by Crippen LogP contribution is 2.29. The van der Waals surface area contributed by atoms with Crippen molar-refractivity contribution in [1.82, 2.24) is 9.55 Å². The maximum absolute atomic E-state index is 12.6. The van der Waals surface area contributed by atoms with Gasteiger partial charge in [-0.25, -0.2) is 9.59 Å². The van der Waals surface area contributed by atoms with Crippen molar-refractivity contribution < 1.29 is 13.9 Å². The minimum atomic E-state index is -0.596. The van der Waals surface area contributed by atoms with Crippen molar-refractivity contribution in [2.45, 2.75) is 39.8 Å². The number of hydrogen-bond donors (Lipinski definition) is 2. The summed E-state index contributed by atoms with van der Waals surface area (Å²) in [4.78, 5) is 41.1. The van der Waals surface area contributed by atoms with Crippen LogP contribution >= 0.6 is 0 Å². The minimum absolute atomic E-state index is 0.0773. The Kier molecular flexibility index (Phi) is 6.29. The van der Waals surface area contributed by atoms with Gasteiger partial charge in [0.25, 0.3) is 5.56 Å². The van der Waals surface area contributed by atoms with Crippen LogP contribution in [0.25, 0.3) is 11.0 Å². The number of hydrogen-bond acceptors (Lipinski definition) is 7. The number of carbonyl (C=O) groups excluding carboxylic acids is 1. The second kappa shape index (κ2) is 8.89. The molecule has 0 aliphatic heterocycles. The first kappa shape index (κ1) is 21.2. The normalized spacial score (nSPS) is 11.0. The van der Waals surface area contributed by atoms with Crippen LogP contribution in [0, 0.1) is 0 Å². The molecule has 1 aromatic carbocycles. The predicted octanol–water partition coefficient (Wildman–Crippen LogP) is 2.48. The zero-order chi connectivity index (χ0) is 21.8. The highest BCUT2D eigenvalue weighted by Gasteiger charge is 2.24. The topological polar surface area (TPSA) is 124 Å². The summed E-state index contributed by atoms with van der Waals surface area (Å²) >= 11 is 0. The Morgan fingerprint density at radius 2 is 2.00 bits per heavy atom. The van der Waals surface area contributed by atoms with Gasteiger partial charge in [0.1, 0.15) is 28.4 Å². The number of unbranched alkanes of at least 4 members (excludes halogenated alkanes) is 1. The number of aromatic amines is 1. The number of H-pyrrole nitrogens is 1. The van der Waals surface area contributed by atoms with Gasteiger partial charge in [-0.2, -0.15) is 0 Å². The summed E-state index contributed by atoms with van der Waals surface area (Å²) in [5, 5.41) is 0.633. The summed E-state index contributed by atoms with van der Waals surface area (Å²) in [6.45, 7) is 4.44. The first-order valence-corrected chi connectivity index (χ1v) is 9.90. The molecular formula is C21H26N4O5. The van der Waals surface area contributed by atoms with E-state index in [-0.39, 0.29) is 24.7 Å². The maximum Gasteiger partial charge on any atom is 0.342 e. The number of nitrogen functional groups attached to an aromatic ring is 1. The Morgan fingerprint density at radius 1 is 1.27 bits per heavy atom. The second-order valence-electron chi connectivity index (χ2n) is 6.97. The molecule has 0 unspecified atom stereocenters. The van der Waals surface area contributed by atoms with E-state index in [2.05, 4.69) is 4.98 Å². The van der Waals surface area contributed by atoms with Crippen LogP contribution in [0.2, 0.25) is 0 Å². The second-order valence-corrected chi connectivity index (χ2v) is 6.97. The maximum atomic E-state index is 12.6. The summed E-state index contributed by atoms with van der Waals surface area (Å²) in [5.74, 6) is -0.0728. The summed E-state index contributed by atoms with van der Waals surface area (Å²) in [7, 11) is 1.65. The predicted molar refractivity (Wildman–Crippen MR) is 115 cm³/mol. The average Bonchev–Trinajstić information content (AvgIpc) is 3.05. The Hall–Kier alpha value is -3.49. The Balaban J connectivity index is 2.05. The van der Waals surface area contributed by atoms with Gasteiger partial charge in [0.2, 0.25) is 0 Å². The molecule has 0 fully saturated rings. The zero-order valence-electron chi connectivity index (χ0n) is 17.4. The van der Waals surface area contributed by atoms with Crippen LogP contribution in [0.15, 0.2) is 38.3 Å². The minimum Gasteiger partial charge on any atom is -0.462 e. The number of nitrogens with one attached hydrogen (secondary N) is 1. The fourth-order valence-corrected chi connectivity index (χ4v) is 3.41. The molecule has 0 atom stereocenters. The van der Waals surface area contributed by atoms with Crippen molar-refractivity contribution >= 4 is 28.4 Å². The summed E-state index contributed by atoms with van der Waals surface area (Å²) < 4.78 is 12.4. The van der Waals surface area contributed by atoms with Crippen LogP contribution in [0.1, 0.15) is 42.8 Å². The van der Waals surface area contributed by atoms with Crippen LogP contribution < -0.4 is 21.9 Å². The first-order chi connectivity index (χ1) is 14.4. The number of fused-ring (bicyclic) bond motifs is 1. The number of aromatic nitrogens is 2. The van der Waals surface area contributed by atoms with Gasteiger partial charge in [0, 0.05) is 19.0 Å². The van der Waals surface area contributed by atoms with Gasteiger partial charge in [-0.05, 0) is 19.4 Å². The van der Waals surface area contributed by atoms with E-state index in [1.807, 2.05) is 6.92 Å². The van der Waals surface area contributed by atoms with Crippen molar-refractivity contribution in [2.24, 2.45) is 0 Å². The van der Waals surface area contributed by atoms with Gasteiger partial charge in [0.05, 0.1) is 13.2 Å². The molecule has 0 bridgehead atoms. The molecule has 0 aliphatic rings. The van der Waals surface area contributed by atoms with Crippen LogP contribution in [-0.2, 0) is 17.8 Å². The van der Waals surface area contributed by atoms with E-state index in [0.29, 0.717) is 28.8 Å². The van der Waals surface area contributed by atoms with E-state index in [1.54, 1.807) is 43.1 Å². The van der Waals surface area contributed by atoms with Gasteiger partial charge in [0.15, 0.2) is 0 Å². The van der Waals surface area contributed by atoms with E-state index in [9.17, 15) is 14.4 Å². The summed E-state index contributed by atoms with van der Waals surface area (Å²) in [5.41, 5.74) is 6.04. The van der Waals surface area contributed by atoms with Crippen molar-refractivity contribution in [3.8, 4) is 0 Å². The Morgan fingerprint density at radius 3 is 2.70 bits per heavy atom. The zero-order valence-corrected chi connectivity index (χ0v) is 17.4. The standard InChI is InChI=1S/C21H26N4O5/c1-4-6-11-25-18(22)17(19(26)23-21(25)28)24(3)12-15-16(20(27)29-5-2)13-9-7-8-10-14(13)30-15/h7-10H,4-6,11-12,22H2,1-3H3,(H,23,26,28). The SMILES string of the molecule is CCCCn1c(N)c(N(C)Cc2oc3ccccc3c2C(=O)OCC)c(=O)[nH]c1=O. The molecule has 0 saturated heterocycles. The van der Waals surface area contributed by atoms with Crippen molar-refractivity contribution in [2.75, 3.05) is 24.3 Å². The van der Waals surface area contributed by atoms with Crippen molar-refractivity contribution in [3.05, 3.63) is 56.4 Å². The molecule has 30 heavy (non-hydrogen) atoms. The van der Waals surface area contributed by atoms with Gasteiger partial charge in [-0.15, -0.1) is 0 Å². The number of furan rings is 1. The fraction of sp³-hybridized carbons (Fsp3) is 0.381. The molecule has 3 aromatic rings. The molecule has 0 aliphatic carbocycles. The Labute approximate surface area is 173 Å². The molecule has 0 spiro atoms. The third kappa shape index (κ3) is 3.96. The van der Waals surface area contributed by atoms with Crippen LogP contribution in [-0.4, -0.2) is 29.2 Å². The van der Waals surface area contributed by atoms with Crippen LogP contribution in [0.4, 0.5) is 11.5 Å². The number of ether oxygens (including phenoxy) is 1. The first-order valence-electron chi connectivity index (χ1n) is 9.90. The van der Waals surface area contributed by atoms with Crippen LogP contribution in [0.5, 0.6) is 0 Å². The van der Waals surface area contributed by atoms with Gasteiger partial charge in [-0.3, -0.25) is 14.3 Å². The molecule has 3 N–H and O–H groups in total. The number of esters is 1. The number of rotatable bonds is 8. The molecule has 2 heterocycles. The summed E-state index contributed by atoms with van der Waals surface area (Å²) in [6, 6.07) is 7.15. The number of anilines is 2. The molecular weight excluding hydrogens is 388 g/mol. The number of nitrogens with two attached hydrogens (primary N) is 1. The molecule has 0 amide bonds. The monoisotopic (exact) mass is 414 g/mol. The van der Waals surface area contributed by atoms with E-state index in [4.69, 9.17) is 14.9 Å². The lowest BCUT2D eigenvalue weighted by Gasteiger charge is -2.21. The van der Waals surface area contributed by atoms with E-state index < -0.39 is 17.2 Å². The van der Waals surface area contributed by atoms with Crippen LogP contribution in [0.3, 0.4) is 0 Å².